The highest BCUT2D eigenvalue weighted by atomic mass is 16.5. The zero-order valence-electron chi connectivity index (χ0n) is 12.9. The van der Waals surface area contributed by atoms with Crippen molar-refractivity contribution in [2.24, 2.45) is 0 Å². The molecule has 0 saturated carbocycles. The summed E-state index contributed by atoms with van der Waals surface area (Å²) >= 11 is 0. The minimum Gasteiger partial charge on any atom is -0.488 e. The van der Waals surface area contributed by atoms with Crippen LogP contribution in [0.4, 0.5) is 5.69 Å². The second kappa shape index (κ2) is 6.00. The number of ether oxygens (including phenoxy) is 1. The van der Waals surface area contributed by atoms with Crippen LogP contribution in [0.15, 0.2) is 48.5 Å². The van der Waals surface area contributed by atoms with Crippen molar-refractivity contribution in [3.8, 4) is 5.75 Å². The molecule has 0 bridgehead atoms. The zero-order chi connectivity index (χ0) is 15.5. The molecule has 3 nitrogen and oxygen atoms in total. The summed E-state index contributed by atoms with van der Waals surface area (Å²) in [7, 11) is 0. The number of hydrogen-bond donors (Lipinski definition) is 1. The van der Waals surface area contributed by atoms with Gasteiger partial charge in [-0.25, -0.2) is 0 Å². The minimum atomic E-state index is -0.230. The van der Waals surface area contributed by atoms with Gasteiger partial charge in [0, 0.05) is 11.3 Å². The summed E-state index contributed by atoms with van der Waals surface area (Å²) in [5, 5.41) is 2.87. The van der Waals surface area contributed by atoms with E-state index in [4.69, 9.17) is 4.74 Å². The number of anilines is 1. The smallest absolute Gasteiger partial charge is 0.255 e. The van der Waals surface area contributed by atoms with Crippen LogP contribution in [0.3, 0.4) is 0 Å². The van der Waals surface area contributed by atoms with Gasteiger partial charge in [-0.2, -0.15) is 0 Å². The lowest BCUT2D eigenvalue weighted by Gasteiger charge is -2.21. The van der Waals surface area contributed by atoms with Crippen molar-refractivity contribution in [1.29, 1.82) is 0 Å². The van der Waals surface area contributed by atoms with E-state index in [9.17, 15) is 4.79 Å². The highest BCUT2D eigenvalue weighted by Crippen LogP contribution is 2.20. The maximum Gasteiger partial charge on any atom is 0.255 e. The molecule has 2 aromatic carbocycles. The average molecular weight is 283 g/mol. The summed E-state index contributed by atoms with van der Waals surface area (Å²) in [6.45, 7) is 8.00. The van der Waals surface area contributed by atoms with Crippen LogP contribution in [-0.4, -0.2) is 11.5 Å². The third kappa shape index (κ3) is 4.63. The molecular formula is C18H21NO2. The molecule has 0 aromatic heterocycles. The standard InChI is InChI=1S/C18H21NO2/c1-13-5-7-14(8-6-13)17(20)19-15-9-11-16(12-10-15)21-18(2,3)4/h5-12H,1-4H3,(H,19,20). The summed E-state index contributed by atoms with van der Waals surface area (Å²) < 4.78 is 5.75. The van der Waals surface area contributed by atoms with Gasteiger partial charge in [-0.3, -0.25) is 4.79 Å². The van der Waals surface area contributed by atoms with Gasteiger partial charge >= 0.3 is 0 Å². The molecule has 0 aliphatic heterocycles. The third-order valence-electron chi connectivity index (χ3n) is 2.85. The first-order valence-electron chi connectivity index (χ1n) is 7.01. The molecule has 0 spiro atoms. The summed E-state index contributed by atoms with van der Waals surface area (Å²) in [4.78, 5) is 12.1. The van der Waals surface area contributed by atoms with Crippen LogP contribution in [0.5, 0.6) is 5.75 Å². The van der Waals surface area contributed by atoms with Gasteiger partial charge in [-0.15, -0.1) is 0 Å². The number of carbonyl (C=O) groups is 1. The van der Waals surface area contributed by atoms with Crippen molar-refractivity contribution in [2.75, 3.05) is 5.32 Å². The molecule has 1 N–H and O–H groups in total. The van der Waals surface area contributed by atoms with Crippen LogP contribution in [0.2, 0.25) is 0 Å². The van der Waals surface area contributed by atoms with Gasteiger partial charge in [0.15, 0.2) is 0 Å². The second-order valence-electron chi connectivity index (χ2n) is 6.06. The molecule has 0 radical (unpaired) electrons. The molecule has 3 heteroatoms. The summed E-state index contributed by atoms with van der Waals surface area (Å²) in [6, 6.07) is 14.9. The molecule has 2 aromatic rings. The predicted octanol–water partition coefficient (Wildman–Crippen LogP) is 4.42. The molecule has 0 unspecified atom stereocenters. The highest BCUT2D eigenvalue weighted by Gasteiger charge is 2.11. The van der Waals surface area contributed by atoms with Crippen molar-refractivity contribution in [2.45, 2.75) is 33.3 Å². The molecule has 0 saturated heterocycles. The number of carbonyl (C=O) groups excluding carboxylic acids is 1. The maximum absolute atomic E-state index is 12.1. The first-order valence-corrected chi connectivity index (χ1v) is 7.01. The average Bonchev–Trinajstić information content (AvgIpc) is 2.40. The SMILES string of the molecule is Cc1ccc(C(=O)Nc2ccc(OC(C)(C)C)cc2)cc1. The minimum absolute atomic E-state index is 0.112. The Kier molecular flexibility index (Phi) is 4.32. The Morgan fingerprint density at radius 1 is 0.952 bits per heavy atom. The van der Waals surface area contributed by atoms with E-state index >= 15 is 0 Å². The monoisotopic (exact) mass is 283 g/mol. The van der Waals surface area contributed by atoms with E-state index < -0.39 is 0 Å². The van der Waals surface area contributed by atoms with E-state index in [1.165, 1.54) is 0 Å². The molecule has 110 valence electrons. The van der Waals surface area contributed by atoms with Crippen LogP contribution < -0.4 is 10.1 Å². The molecule has 0 fully saturated rings. The van der Waals surface area contributed by atoms with Crippen LogP contribution in [0.1, 0.15) is 36.7 Å². The Morgan fingerprint density at radius 3 is 2.05 bits per heavy atom. The number of nitrogens with one attached hydrogen (secondary N) is 1. The fourth-order valence-electron chi connectivity index (χ4n) is 1.87. The maximum atomic E-state index is 12.1. The summed E-state index contributed by atoms with van der Waals surface area (Å²) in [5.74, 6) is 0.676. The lowest BCUT2D eigenvalue weighted by molar-refractivity contribution is 0.102. The lowest BCUT2D eigenvalue weighted by Crippen LogP contribution is -2.22. The van der Waals surface area contributed by atoms with Gasteiger partial charge in [0.25, 0.3) is 5.91 Å². The predicted molar refractivity (Wildman–Crippen MR) is 86.0 cm³/mol. The topological polar surface area (TPSA) is 38.3 Å². The number of aryl methyl sites for hydroxylation is 1. The fourth-order valence-corrected chi connectivity index (χ4v) is 1.87. The van der Waals surface area contributed by atoms with E-state index in [1.807, 2.05) is 76.2 Å². The molecule has 2 rings (SSSR count). The van der Waals surface area contributed by atoms with Crippen LogP contribution in [0.25, 0.3) is 0 Å². The van der Waals surface area contributed by atoms with E-state index in [1.54, 1.807) is 0 Å². The summed E-state index contributed by atoms with van der Waals surface area (Å²) in [6.07, 6.45) is 0. The van der Waals surface area contributed by atoms with Gasteiger partial charge < -0.3 is 10.1 Å². The van der Waals surface area contributed by atoms with Crippen molar-refractivity contribution in [1.82, 2.24) is 0 Å². The number of hydrogen-bond acceptors (Lipinski definition) is 2. The molecule has 0 heterocycles. The Hall–Kier alpha value is -2.29. The second-order valence-corrected chi connectivity index (χ2v) is 6.06. The third-order valence-corrected chi connectivity index (χ3v) is 2.85. The zero-order valence-corrected chi connectivity index (χ0v) is 12.9. The Balaban J connectivity index is 2.03. The van der Waals surface area contributed by atoms with E-state index in [2.05, 4.69) is 5.32 Å². The van der Waals surface area contributed by atoms with Crippen LogP contribution in [-0.2, 0) is 0 Å². The van der Waals surface area contributed by atoms with Gasteiger partial charge in [-0.1, -0.05) is 17.7 Å². The summed E-state index contributed by atoms with van der Waals surface area (Å²) in [5.41, 5.74) is 2.31. The van der Waals surface area contributed by atoms with E-state index in [0.717, 1.165) is 17.0 Å². The van der Waals surface area contributed by atoms with Crippen molar-refractivity contribution in [3.05, 3.63) is 59.7 Å². The molecule has 21 heavy (non-hydrogen) atoms. The van der Waals surface area contributed by atoms with Gasteiger partial charge in [0.1, 0.15) is 11.4 Å². The van der Waals surface area contributed by atoms with Gasteiger partial charge in [-0.05, 0) is 64.1 Å². The Labute approximate surface area is 126 Å². The Morgan fingerprint density at radius 2 is 1.52 bits per heavy atom. The first-order chi connectivity index (χ1) is 9.83. The van der Waals surface area contributed by atoms with Gasteiger partial charge in [0.05, 0.1) is 0 Å². The first kappa shape index (κ1) is 15.1. The van der Waals surface area contributed by atoms with Crippen molar-refractivity contribution >= 4 is 11.6 Å². The van der Waals surface area contributed by atoms with E-state index in [0.29, 0.717) is 5.56 Å². The fraction of sp³-hybridized carbons (Fsp3) is 0.278. The molecule has 0 atom stereocenters. The number of benzene rings is 2. The lowest BCUT2D eigenvalue weighted by atomic mass is 10.1. The van der Waals surface area contributed by atoms with Crippen molar-refractivity contribution < 1.29 is 9.53 Å². The quantitative estimate of drug-likeness (QED) is 0.905. The van der Waals surface area contributed by atoms with Crippen molar-refractivity contribution in [3.63, 3.8) is 0 Å². The normalized spacial score (nSPS) is 11.0. The van der Waals surface area contributed by atoms with E-state index in [-0.39, 0.29) is 11.5 Å². The molecular weight excluding hydrogens is 262 g/mol. The number of amides is 1. The largest absolute Gasteiger partial charge is 0.488 e. The number of rotatable bonds is 3. The Bertz CT molecular complexity index is 607. The molecule has 0 aliphatic carbocycles. The van der Waals surface area contributed by atoms with Crippen LogP contribution >= 0.6 is 0 Å². The van der Waals surface area contributed by atoms with Gasteiger partial charge in [0.2, 0.25) is 0 Å². The highest BCUT2D eigenvalue weighted by molar-refractivity contribution is 6.04. The molecule has 0 aliphatic rings. The molecule has 1 amide bonds. The van der Waals surface area contributed by atoms with Crippen LogP contribution in [0, 0.1) is 6.92 Å².